The van der Waals surface area contributed by atoms with Crippen molar-refractivity contribution in [1.82, 2.24) is 4.98 Å². The molecule has 1 radical (unpaired) electrons. The Morgan fingerprint density at radius 3 is 2.63 bits per heavy atom. The number of ether oxygens (including phenoxy) is 1. The van der Waals surface area contributed by atoms with Gasteiger partial charge in [0.15, 0.2) is 0 Å². The van der Waals surface area contributed by atoms with Gasteiger partial charge in [-0.15, -0.1) is 24.5 Å². The van der Waals surface area contributed by atoms with E-state index in [9.17, 15) is 13.2 Å². The van der Waals surface area contributed by atoms with Gasteiger partial charge in [-0.3, -0.25) is 0 Å². The summed E-state index contributed by atoms with van der Waals surface area (Å²) in [6.07, 6.45) is -4.29. The molecule has 0 atom stereocenters. The molecule has 0 aliphatic heterocycles. The zero-order chi connectivity index (χ0) is 14.0. The number of nitrogens with zero attached hydrogens (tertiary/aromatic N) is 1. The first-order chi connectivity index (χ1) is 8.90. The van der Waals surface area contributed by atoms with E-state index >= 15 is 0 Å². The van der Waals surface area contributed by atoms with E-state index in [1.807, 2.05) is 0 Å². The minimum absolute atomic E-state index is 0.214. The molecule has 0 N–H and O–H groups in total. The van der Waals surface area contributed by atoms with Gasteiger partial charge in [0.2, 0.25) is 0 Å². The van der Waals surface area contributed by atoms with Crippen LogP contribution in [0, 0.1) is 13.8 Å². The Labute approximate surface area is 112 Å². The molecule has 0 bridgehead atoms. The average Bonchev–Trinajstić information content (AvgIpc) is 2.69. The van der Waals surface area contributed by atoms with Crippen molar-refractivity contribution in [2.45, 2.75) is 19.7 Å². The van der Waals surface area contributed by atoms with Crippen molar-refractivity contribution in [2.75, 3.05) is 0 Å². The van der Waals surface area contributed by atoms with E-state index in [0.29, 0.717) is 22.6 Å². The van der Waals surface area contributed by atoms with Gasteiger partial charge < -0.3 is 4.74 Å². The van der Waals surface area contributed by atoms with Crippen LogP contribution in [-0.2, 0) is 6.42 Å². The van der Waals surface area contributed by atoms with Crippen LogP contribution in [0.15, 0.2) is 24.3 Å². The molecule has 2 aromatic rings. The van der Waals surface area contributed by atoms with Gasteiger partial charge in [-0.2, -0.15) is 0 Å². The number of aromatic nitrogens is 1. The van der Waals surface area contributed by atoms with Gasteiger partial charge in [0.1, 0.15) is 5.75 Å². The van der Waals surface area contributed by atoms with E-state index in [1.54, 1.807) is 19.1 Å². The normalized spacial score (nSPS) is 11.6. The SMILES string of the molecule is [CH2]Cc1nc(C)sc1-c1ccccc1OC(F)(F)F. The highest BCUT2D eigenvalue weighted by atomic mass is 32.1. The largest absolute Gasteiger partial charge is 0.573 e. The second-order valence-corrected chi connectivity index (χ2v) is 5.01. The number of alkyl halides is 3. The molecule has 0 unspecified atom stereocenters. The van der Waals surface area contributed by atoms with Crippen LogP contribution < -0.4 is 4.74 Å². The fourth-order valence-corrected chi connectivity index (χ4v) is 2.71. The van der Waals surface area contributed by atoms with Crippen LogP contribution in [0.25, 0.3) is 10.4 Å². The van der Waals surface area contributed by atoms with E-state index in [-0.39, 0.29) is 5.75 Å². The number of rotatable bonds is 3. The monoisotopic (exact) mass is 286 g/mol. The predicted molar refractivity (Wildman–Crippen MR) is 68.0 cm³/mol. The molecular weight excluding hydrogens is 275 g/mol. The standard InChI is InChI=1S/C13H11F3NOS/c1-3-10-12(19-8(2)17-10)9-6-4-5-7-11(9)18-13(14,15)16/h4-7H,1,3H2,2H3. The maximum absolute atomic E-state index is 12.4. The van der Waals surface area contributed by atoms with Crippen molar-refractivity contribution < 1.29 is 17.9 Å². The van der Waals surface area contributed by atoms with E-state index < -0.39 is 6.36 Å². The van der Waals surface area contributed by atoms with Gasteiger partial charge in [-0.1, -0.05) is 12.1 Å². The molecule has 2 nitrogen and oxygen atoms in total. The van der Waals surface area contributed by atoms with Crippen LogP contribution in [0.5, 0.6) is 5.75 Å². The summed E-state index contributed by atoms with van der Waals surface area (Å²) in [5.74, 6) is -0.214. The fourth-order valence-electron chi connectivity index (χ4n) is 1.72. The molecule has 0 saturated heterocycles. The lowest BCUT2D eigenvalue weighted by molar-refractivity contribution is -0.274. The number of hydrogen-bond acceptors (Lipinski definition) is 3. The van der Waals surface area contributed by atoms with Crippen molar-refractivity contribution in [3.05, 3.63) is 41.9 Å². The van der Waals surface area contributed by atoms with E-state index in [2.05, 4.69) is 16.6 Å². The van der Waals surface area contributed by atoms with E-state index in [1.165, 1.54) is 23.5 Å². The second-order valence-electron chi connectivity index (χ2n) is 3.80. The van der Waals surface area contributed by atoms with Gasteiger partial charge in [0.05, 0.1) is 15.6 Å². The minimum atomic E-state index is -4.71. The van der Waals surface area contributed by atoms with E-state index in [4.69, 9.17) is 0 Å². The zero-order valence-corrected chi connectivity index (χ0v) is 10.9. The van der Waals surface area contributed by atoms with Gasteiger partial charge >= 0.3 is 6.36 Å². The lowest BCUT2D eigenvalue weighted by atomic mass is 10.1. The number of aryl methyl sites for hydroxylation is 1. The summed E-state index contributed by atoms with van der Waals surface area (Å²) < 4.78 is 41.2. The van der Waals surface area contributed by atoms with Crippen LogP contribution in [0.3, 0.4) is 0 Å². The van der Waals surface area contributed by atoms with Crippen LogP contribution in [0.2, 0.25) is 0 Å². The third-order valence-corrected chi connectivity index (χ3v) is 3.44. The van der Waals surface area contributed by atoms with Crippen molar-refractivity contribution >= 4 is 11.3 Å². The Morgan fingerprint density at radius 2 is 2.00 bits per heavy atom. The fraction of sp³-hybridized carbons (Fsp3) is 0.231. The van der Waals surface area contributed by atoms with Crippen LogP contribution in [0.4, 0.5) is 13.2 Å². The molecule has 0 aliphatic carbocycles. The Balaban J connectivity index is 2.50. The number of halogens is 3. The summed E-state index contributed by atoms with van der Waals surface area (Å²) in [5, 5.41) is 0.787. The summed E-state index contributed by atoms with van der Waals surface area (Å²) in [6, 6.07) is 6.06. The lowest BCUT2D eigenvalue weighted by Gasteiger charge is -2.12. The van der Waals surface area contributed by atoms with Crippen molar-refractivity contribution in [3.63, 3.8) is 0 Å². The molecule has 0 aliphatic rings. The molecular formula is C13H11F3NOS. The second kappa shape index (κ2) is 5.21. The Morgan fingerprint density at radius 1 is 1.32 bits per heavy atom. The van der Waals surface area contributed by atoms with Crippen molar-refractivity contribution in [2.24, 2.45) is 0 Å². The number of thiazole rings is 1. The molecule has 0 spiro atoms. The molecule has 101 valence electrons. The number of para-hydroxylation sites is 1. The Kier molecular flexibility index (Phi) is 3.80. The molecule has 0 amide bonds. The first-order valence-corrected chi connectivity index (χ1v) is 6.33. The van der Waals surface area contributed by atoms with Gasteiger partial charge in [-0.05, 0) is 32.4 Å². The third-order valence-electron chi connectivity index (χ3n) is 2.40. The van der Waals surface area contributed by atoms with Crippen LogP contribution in [-0.4, -0.2) is 11.3 Å². The van der Waals surface area contributed by atoms with Gasteiger partial charge in [0, 0.05) is 5.56 Å². The number of hydrogen-bond donors (Lipinski definition) is 0. The highest BCUT2D eigenvalue weighted by molar-refractivity contribution is 7.15. The summed E-state index contributed by atoms with van der Waals surface area (Å²) in [4.78, 5) is 4.94. The maximum atomic E-state index is 12.4. The first-order valence-electron chi connectivity index (χ1n) is 5.51. The summed E-state index contributed by atoms with van der Waals surface area (Å²) in [7, 11) is 0. The quantitative estimate of drug-likeness (QED) is 0.834. The Bertz CT molecular complexity index is 578. The predicted octanol–water partition coefficient (Wildman–Crippen LogP) is 4.39. The summed E-state index contributed by atoms with van der Waals surface area (Å²) >= 11 is 1.33. The van der Waals surface area contributed by atoms with Gasteiger partial charge in [-0.25, -0.2) is 4.98 Å². The molecule has 1 aromatic carbocycles. The highest BCUT2D eigenvalue weighted by Gasteiger charge is 2.32. The topological polar surface area (TPSA) is 22.1 Å². The molecule has 0 fully saturated rings. The minimum Gasteiger partial charge on any atom is -0.405 e. The third kappa shape index (κ3) is 3.26. The smallest absolute Gasteiger partial charge is 0.405 e. The maximum Gasteiger partial charge on any atom is 0.573 e. The molecule has 19 heavy (non-hydrogen) atoms. The zero-order valence-electron chi connectivity index (χ0n) is 10.1. The number of benzene rings is 1. The summed E-state index contributed by atoms with van der Waals surface area (Å²) in [6.45, 7) is 5.55. The average molecular weight is 286 g/mol. The molecule has 0 saturated carbocycles. The molecule has 1 heterocycles. The van der Waals surface area contributed by atoms with E-state index in [0.717, 1.165) is 5.01 Å². The molecule has 2 rings (SSSR count). The highest BCUT2D eigenvalue weighted by Crippen LogP contribution is 2.38. The van der Waals surface area contributed by atoms with Crippen molar-refractivity contribution in [1.29, 1.82) is 0 Å². The van der Waals surface area contributed by atoms with Crippen molar-refractivity contribution in [3.8, 4) is 16.2 Å². The Hall–Kier alpha value is -1.56. The summed E-state index contributed by atoms with van der Waals surface area (Å²) in [5.41, 5.74) is 1.07. The first kappa shape index (κ1) is 13.9. The molecule has 6 heteroatoms. The lowest BCUT2D eigenvalue weighted by Crippen LogP contribution is -2.17. The van der Waals surface area contributed by atoms with Gasteiger partial charge in [0.25, 0.3) is 0 Å². The molecule has 1 aromatic heterocycles. The van der Waals surface area contributed by atoms with Crippen LogP contribution in [0.1, 0.15) is 10.7 Å². The van der Waals surface area contributed by atoms with Crippen LogP contribution >= 0.6 is 11.3 Å².